The summed E-state index contributed by atoms with van der Waals surface area (Å²) in [4.78, 5) is 8.11. The molecule has 0 aliphatic carbocycles. The number of rotatable bonds is 2. The van der Waals surface area contributed by atoms with Gasteiger partial charge in [0, 0.05) is 11.8 Å². The minimum absolute atomic E-state index is 0.692. The standard InChI is InChI=1S/C7H8N6/c1-2-6-3-7(9-4-8-6)13-5-10-11-12-13/h3-5H,2H2,1H3. The lowest BCUT2D eigenvalue weighted by molar-refractivity contribution is 0.763. The second-order valence-electron chi connectivity index (χ2n) is 2.48. The molecule has 0 unspecified atom stereocenters. The molecule has 0 saturated heterocycles. The van der Waals surface area contributed by atoms with Gasteiger partial charge in [0.1, 0.15) is 12.7 Å². The molecule has 2 heterocycles. The molecule has 66 valence electrons. The van der Waals surface area contributed by atoms with Crippen LogP contribution in [0, 0.1) is 0 Å². The number of tetrazole rings is 1. The topological polar surface area (TPSA) is 69.4 Å². The van der Waals surface area contributed by atoms with E-state index in [4.69, 9.17) is 0 Å². The first-order valence-electron chi connectivity index (χ1n) is 3.94. The van der Waals surface area contributed by atoms with Gasteiger partial charge >= 0.3 is 0 Å². The van der Waals surface area contributed by atoms with Crippen LogP contribution in [0.15, 0.2) is 18.7 Å². The predicted octanol–water partition coefficient (Wildman–Crippen LogP) is 0.0147. The zero-order valence-electron chi connectivity index (χ0n) is 7.12. The summed E-state index contributed by atoms with van der Waals surface area (Å²) < 4.78 is 1.50. The second-order valence-corrected chi connectivity index (χ2v) is 2.48. The van der Waals surface area contributed by atoms with E-state index in [1.54, 1.807) is 0 Å². The fourth-order valence-electron chi connectivity index (χ4n) is 0.971. The van der Waals surface area contributed by atoms with Gasteiger partial charge in [-0.15, -0.1) is 5.10 Å². The third kappa shape index (κ3) is 1.51. The van der Waals surface area contributed by atoms with Crippen LogP contribution >= 0.6 is 0 Å². The maximum absolute atomic E-state index is 4.07. The molecule has 0 spiro atoms. The molecular weight excluding hydrogens is 168 g/mol. The van der Waals surface area contributed by atoms with E-state index in [9.17, 15) is 0 Å². The third-order valence-corrected chi connectivity index (χ3v) is 1.66. The maximum Gasteiger partial charge on any atom is 0.160 e. The highest BCUT2D eigenvalue weighted by atomic mass is 15.5. The minimum atomic E-state index is 0.692. The molecule has 0 aliphatic heterocycles. The van der Waals surface area contributed by atoms with Gasteiger partial charge in [-0.3, -0.25) is 0 Å². The monoisotopic (exact) mass is 176 g/mol. The summed E-state index contributed by atoms with van der Waals surface area (Å²) in [6.45, 7) is 2.03. The Kier molecular flexibility index (Phi) is 1.95. The lowest BCUT2D eigenvalue weighted by Gasteiger charge is -1.98. The zero-order chi connectivity index (χ0) is 9.10. The summed E-state index contributed by atoms with van der Waals surface area (Å²) in [5.74, 6) is 0.692. The Morgan fingerprint density at radius 3 is 3.00 bits per heavy atom. The van der Waals surface area contributed by atoms with Crippen molar-refractivity contribution < 1.29 is 0 Å². The van der Waals surface area contributed by atoms with Gasteiger partial charge < -0.3 is 0 Å². The lowest BCUT2D eigenvalue weighted by Crippen LogP contribution is -2.00. The molecule has 6 heteroatoms. The summed E-state index contributed by atoms with van der Waals surface area (Å²) in [6, 6.07) is 1.86. The molecule has 0 saturated carbocycles. The molecule has 2 rings (SSSR count). The molecule has 0 N–H and O–H groups in total. The summed E-state index contributed by atoms with van der Waals surface area (Å²) in [5, 5.41) is 10.8. The summed E-state index contributed by atoms with van der Waals surface area (Å²) >= 11 is 0. The first-order chi connectivity index (χ1) is 6.40. The highest BCUT2D eigenvalue weighted by Crippen LogP contribution is 2.01. The van der Waals surface area contributed by atoms with Crippen molar-refractivity contribution in [2.45, 2.75) is 13.3 Å². The fourth-order valence-corrected chi connectivity index (χ4v) is 0.971. The highest BCUT2D eigenvalue weighted by molar-refractivity contribution is 5.20. The summed E-state index contributed by atoms with van der Waals surface area (Å²) in [5.41, 5.74) is 0.973. The van der Waals surface area contributed by atoms with Crippen molar-refractivity contribution in [2.24, 2.45) is 0 Å². The lowest BCUT2D eigenvalue weighted by atomic mass is 10.3. The molecule has 0 aliphatic rings. The van der Waals surface area contributed by atoms with Crippen LogP contribution in [0.5, 0.6) is 0 Å². The van der Waals surface area contributed by atoms with Gasteiger partial charge in [-0.05, 0) is 16.8 Å². The van der Waals surface area contributed by atoms with Gasteiger partial charge in [-0.1, -0.05) is 6.92 Å². The van der Waals surface area contributed by atoms with Gasteiger partial charge in [-0.2, -0.15) is 4.68 Å². The molecule has 6 nitrogen and oxygen atoms in total. The Hall–Kier alpha value is -1.85. The van der Waals surface area contributed by atoms with Crippen molar-refractivity contribution in [2.75, 3.05) is 0 Å². The largest absolute Gasteiger partial charge is 0.241 e. The second kappa shape index (κ2) is 3.26. The molecule has 2 aromatic heterocycles. The number of hydrogen-bond acceptors (Lipinski definition) is 5. The molecule has 0 fully saturated rings. The van der Waals surface area contributed by atoms with Crippen molar-refractivity contribution in [1.29, 1.82) is 0 Å². The van der Waals surface area contributed by atoms with E-state index < -0.39 is 0 Å². The summed E-state index contributed by atoms with van der Waals surface area (Å²) in [6.07, 6.45) is 3.88. The van der Waals surface area contributed by atoms with Crippen molar-refractivity contribution in [1.82, 2.24) is 30.2 Å². The van der Waals surface area contributed by atoms with Crippen LogP contribution in [0.3, 0.4) is 0 Å². The Morgan fingerprint density at radius 1 is 1.38 bits per heavy atom. The van der Waals surface area contributed by atoms with Crippen LogP contribution in [0.2, 0.25) is 0 Å². The zero-order valence-corrected chi connectivity index (χ0v) is 7.12. The quantitative estimate of drug-likeness (QED) is 0.644. The van der Waals surface area contributed by atoms with Gasteiger partial charge in [-0.25, -0.2) is 9.97 Å². The van der Waals surface area contributed by atoms with Gasteiger partial charge in [0.05, 0.1) is 0 Å². The Labute approximate surface area is 74.6 Å². The first-order valence-corrected chi connectivity index (χ1v) is 3.94. The number of hydrogen-bond donors (Lipinski definition) is 0. The van der Waals surface area contributed by atoms with E-state index >= 15 is 0 Å². The molecule has 13 heavy (non-hydrogen) atoms. The predicted molar refractivity (Wildman–Crippen MR) is 44.1 cm³/mol. The molecule has 0 amide bonds. The van der Waals surface area contributed by atoms with Crippen LogP contribution in [-0.2, 0) is 6.42 Å². The van der Waals surface area contributed by atoms with E-state index in [2.05, 4.69) is 25.5 Å². The van der Waals surface area contributed by atoms with Gasteiger partial charge in [0.25, 0.3) is 0 Å². The van der Waals surface area contributed by atoms with Crippen molar-refractivity contribution >= 4 is 0 Å². The average Bonchev–Trinajstić information content (AvgIpc) is 2.71. The molecule has 2 aromatic rings. The van der Waals surface area contributed by atoms with E-state index in [1.807, 2.05) is 13.0 Å². The van der Waals surface area contributed by atoms with Crippen LogP contribution in [-0.4, -0.2) is 30.2 Å². The van der Waals surface area contributed by atoms with Crippen LogP contribution < -0.4 is 0 Å². The fraction of sp³-hybridized carbons (Fsp3) is 0.286. The van der Waals surface area contributed by atoms with Crippen molar-refractivity contribution in [3.63, 3.8) is 0 Å². The smallest absolute Gasteiger partial charge is 0.160 e. The van der Waals surface area contributed by atoms with Crippen molar-refractivity contribution in [3.05, 3.63) is 24.4 Å². The molecule has 0 radical (unpaired) electrons. The van der Waals surface area contributed by atoms with Crippen LogP contribution in [0.1, 0.15) is 12.6 Å². The Bertz CT molecular complexity index is 382. The first kappa shape index (κ1) is 7.78. The van der Waals surface area contributed by atoms with Crippen molar-refractivity contribution in [3.8, 4) is 5.82 Å². The number of aromatic nitrogens is 6. The van der Waals surface area contributed by atoms with Crippen LogP contribution in [0.25, 0.3) is 5.82 Å². The van der Waals surface area contributed by atoms with Gasteiger partial charge in [0.15, 0.2) is 5.82 Å². The molecule has 0 atom stereocenters. The third-order valence-electron chi connectivity index (χ3n) is 1.66. The Morgan fingerprint density at radius 2 is 2.31 bits per heavy atom. The maximum atomic E-state index is 4.07. The normalized spacial score (nSPS) is 10.2. The van der Waals surface area contributed by atoms with E-state index in [1.165, 1.54) is 17.3 Å². The molecular formula is C7H8N6. The number of nitrogens with zero attached hydrogens (tertiary/aromatic N) is 6. The van der Waals surface area contributed by atoms with E-state index in [-0.39, 0.29) is 0 Å². The minimum Gasteiger partial charge on any atom is -0.241 e. The highest BCUT2D eigenvalue weighted by Gasteiger charge is 1.99. The van der Waals surface area contributed by atoms with Gasteiger partial charge in [0.2, 0.25) is 0 Å². The van der Waals surface area contributed by atoms with Crippen LogP contribution in [0.4, 0.5) is 0 Å². The number of aryl methyl sites for hydroxylation is 1. The molecule has 0 aromatic carbocycles. The summed E-state index contributed by atoms with van der Waals surface area (Å²) in [7, 11) is 0. The van der Waals surface area contributed by atoms with E-state index in [0.29, 0.717) is 5.82 Å². The Balaban J connectivity index is 2.41. The SMILES string of the molecule is CCc1cc(-n2cnnn2)ncn1. The molecule has 0 bridgehead atoms. The average molecular weight is 176 g/mol. The van der Waals surface area contributed by atoms with E-state index in [0.717, 1.165) is 12.1 Å².